The van der Waals surface area contributed by atoms with Gasteiger partial charge in [0, 0.05) is 11.8 Å². The van der Waals surface area contributed by atoms with E-state index < -0.39 is 0 Å². The number of amides is 1. The van der Waals surface area contributed by atoms with Crippen molar-refractivity contribution >= 4 is 22.2 Å². The Labute approximate surface area is 96.7 Å². The molecule has 1 aromatic heterocycles. The van der Waals surface area contributed by atoms with Crippen LogP contribution < -0.4 is 5.32 Å². The molecule has 4 heteroatoms. The van der Waals surface area contributed by atoms with Crippen LogP contribution in [-0.4, -0.2) is 5.91 Å². The molecule has 0 aliphatic heterocycles. The largest absolute Gasteiger partial charge is 0.318 e. The van der Waals surface area contributed by atoms with E-state index in [4.69, 9.17) is 0 Å². The number of anilines is 1. The Balaban J connectivity index is 2.24. The first-order valence-corrected chi connectivity index (χ1v) is 5.60. The van der Waals surface area contributed by atoms with Crippen LogP contribution in [0.25, 0.3) is 10.4 Å². The number of nitrogens with one attached hydrogen (secondary N) is 1. The van der Waals surface area contributed by atoms with Gasteiger partial charge in [0.25, 0.3) is 0 Å². The lowest BCUT2D eigenvalue weighted by Gasteiger charge is -1.97. The highest BCUT2D eigenvalue weighted by molar-refractivity contribution is 7.19. The molecule has 82 valence electrons. The van der Waals surface area contributed by atoms with E-state index in [0.717, 1.165) is 15.4 Å². The predicted molar refractivity (Wildman–Crippen MR) is 64.0 cm³/mol. The monoisotopic (exact) mass is 235 g/mol. The van der Waals surface area contributed by atoms with Gasteiger partial charge < -0.3 is 5.32 Å². The summed E-state index contributed by atoms with van der Waals surface area (Å²) in [7, 11) is 0. The highest BCUT2D eigenvalue weighted by Crippen LogP contribution is 2.31. The highest BCUT2D eigenvalue weighted by atomic mass is 32.1. The third-order valence-corrected chi connectivity index (χ3v) is 3.08. The summed E-state index contributed by atoms with van der Waals surface area (Å²) in [6.45, 7) is 1.47. The first-order chi connectivity index (χ1) is 7.65. The first kappa shape index (κ1) is 10.8. The molecule has 2 rings (SSSR count). The van der Waals surface area contributed by atoms with Crippen LogP contribution in [0.3, 0.4) is 0 Å². The minimum atomic E-state index is -0.248. The topological polar surface area (TPSA) is 29.1 Å². The number of carbonyl (C=O) groups excluding carboxylic acids is 1. The van der Waals surface area contributed by atoms with Crippen LogP contribution in [0.4, 0.5) is 9.39 Å². The molecule has 0 saturated carbocycles. The molecule has 0 saturated heterocycles. The molecule has 0 fully saturated rings. The lowest BCUT2D eigenvalue weighted by molar-refractivity contribution is -0.114. The third-order valence-electron chi connectivity index (χ3n) is 2.03. The van der Waals surface area contributed by atoms with Crippen LogP contribution in [0.1, 0.15) is 6.92 Å². The molecular formula is C12H10FNOS. The van der Waals surface area contributed by atoms with Crippen LogP contribution in [0.2, 0.25) is 0 Å². The zero-order valence-corrected chi connectivity index (χ0v) is 9.48. The van der Waals surface area contributed by atoms with E-state index in [2.05, 4.69) is 5.32 Å². The molecule has 0 radical (unpaired) electrons. The third kappa shape index (κ3) is 2.46. The Morgan fingerprint density at radius 2 is 1.88 bits per heavy atom. The van der Waals surface area contributed by atoms with Gasteiger partial charge in [-0.15, -0.1) is 11.3 Å². The molecule has 2 aromatic rings. The van der Waals surface area contributed by atoms with Gasteiger partial charge >= 0.3 is 0 Å². The maximum atomic E-state index is 12.7. The molecule has 1 N–H and O–H groups in total. The summed E-state index contributed by atoms with van der Waals surface area (Å²) < 4.78 is 12.7. The van der Waals surface area contributed by atoms with E-state index in [0.29, 0.717) is 0 Å². The van der Waals surface area contributed by atoms with Gasteiger partial charge in [0.15, 0.2) is 0 Å². The van der Waals surface area contributed by atoms with E-state index in [1.165, 1.54) is 30.4 Å². The van der Waals surface area contributed by atoms with Crippen molar-refractivity contribution in [3.63, 3.8) is 0 Å². The van der Waals surface area contributed by atoms with E-state index in [1.807, 2.05) is 12.1 Å². The van der Waals surface area contributed by atoms with Crippen LogP contribution >= 0.6 is 11.3 Å². The van der Waals surface area contributed by atoms with E-state index >= 15 is 0 Å². The van der Waals surface area contributed by atoms with Crippen molar-refractivity contribution < 1.29 is 9.18 Å². The minimum Gasteiger partial charge on any atom is -0.318 e. The van der Waals surface area contributed by atoms with E-state index in [9.17, 15) is 9.18 Å². The average molecular weight is 235 g/mol. The van der Waals surface area contributed by atoms with Gasteiger partial charge in [0.2, 0.25) is 5.91 Å². The fourth-order valence-electron chi connectivity index (χ4n) is 1.35. The van der Waals surface area contributed by atoms with Crippen molar-refractivity contribution in [3.8, 4) is 10.4 Å². The average Bonchev–Trinajstić information content (AvgIpc) is 2.66. The number of thiophene rings is 1. The van der Waals surface area contributed by atoms with Gasteiger partial charge in [-0.3, -0.25) is 4.79 Å². The summed E-state index contributed by atoms with van der Waals surface area (Å²) in [6.07, 6.45) is 0. The second-order valence-electron chi connectivity index (χ2n) is 3.35. The molecule has 1 heterocycles. The summed E-state index contributed by atoms with van der Waals surface area (Å²) in [5, 5.41) is 3.51. The molecule has 1 amide bonds. The molecule has 2 nitrogen and oxygen atoms in total. The Kier molecular flexibility index (Phi) is 3.01. The van der Waals surface area contributed by atoms with Gasteiger partial charge in [0.05, 0.1) is 5.00 Å². The molecule has 1 aromatic carbocycles. The summed E-state index contributed by atoms with van der Waals surface area (Å²) in [6, 6.07) is 10.0. The van der Waals surface area contributed by atoms with Crippen molar-refractivity contribution in [2.75, 3.05) is 5.32 Å². The molecular weight excluding hydrogens is 225 g/mol. The maximum absolute atomic E-state index is 12.7. The number of rotatable bonds is 2. The number of benzene rings is 1. The minimum absolute atomic E-state index is 0.0903. The quantitative estimate of drug-likeness (QED) is 0.847. The second-order valence-corrected chi connectivity index (χ2v) is 4.44. The molecule has 0 spiro atoms. The van der Waals surface area contributed by atoms with Crippen LogP contribution in [0.5, 0.6) is 0 Å². The van der Waals surface area contributed by atoms with Crippen molar-refractivity contribution in [1.82, 2.24) is 0 Å². The van der Waals surface area contributed by atoms with E-state index in [-0.39, 0.29) is 11.7 Å². The van der Waals surface area contributed by atoms with Crippen LogP contribution in [-0.2, 0) is 4.79 Å². The smallest absolute Gasteiger partial charge is 0.221 e. The van der Waals surface area contributed by atoms with Crippen molar-refractivity contribution in [2.24, 2.45) is 0 Å². The molecule has 0 bridgehead atoms. The standard InChI is InChI=1S/C12H10FNOS/c1-8(15)14-12-7-6-11(16-12)9-2-4-10(13)5-3-9/h2-7H,1H3,(H,14,15). The fraction of sp³-hybridized carbons (Fsp3) is 0.0833. The van der Waals surface area contributed by atoms with Gasteiger partial charge in [-0.25, -0.2) is 4.39 Å². The SMILES string of the molecule is CC(=O)Nc1ccc(-c2ccc(F)cc2)s1. The molecule has 0 aliphatic rings. The number of hydrogen-bond donors (Lipinski definition) is 1. The molecule has 16 heavy (non-hydrogen) atoms. The van der Waals surface area contributed by atoms with E-state index in [1.54, 1.807) is 12.1 Å². The summed E-state index contributed by atoms with van der Waals surface area (Å²) >= 11 is 1.47. The molecule has 0 atom stereocenters. The number of carbonyl (C=O) groups is 1. The summed E-state index contributed by atoms with van der Waals surface area (Å²) in [5.41, 5.74) is 0.947. The van der Waals surface area contributed by atoms with Crippen molar-refractivity contribution in [1.29, 1.82) is 0 Å². The van der Waals surface area contributed by atoms with Crippen molar-refractivity contribution in [2.45, 2.75) is 6.92 Å². The van der Waals surface area contributed by atoms with Crippen LogP contribution in [0, 0.1) is 5.82 Å². The van der Waals surface area contributed by atoms with Gasteiger partial charge in [-0.1, -0.05) is 12.1 Å². The Hall–Kier alpha value is -1.68. The summed E-state index contributed by atoms with van der Waals surface area (Å²) in [4.78, 5) is 11.9. The maximum Gasteiger partial charge on any atom is 0.221 e. The first-order valence-electron chi connectivity index (χ1n) is 4.78. The Morgan fingerprint density at radius 1 is 1.19 bits per heavy atom. The van der Waals surface area contributed by atoms with Crippen molar-refractivity contribution in [3.05, 3.63) is 42.2 Å². The lowest BCUT2D eigenvalue weighted by atomic mass is 10.2. The Bertz CT molecular complexity index is 504. The summed E-state index contributed by atoms with van der Waals surface area (Å²) in [5.74, 6) is -0.338. The van der Waals surface area contributed by atoms with Crippen LogP contribution in [0.15, 0.2) is 36.4 Å². The van der Waals surface area contributed by atoms with Gasteiger partial charge in [-0.2, -0.15) is 0 Å². The Morgan fingerprint density at radius 3 is 2.50 bits per heavy atom. The highest BCUT2D eigenvalue weighted by Gasteiger charge is 2.03. The van der Waals surface area contributed by atoms with Gasteiger partial charge in [-0.05, 0) is 29.8 Å². The molecule has 0 unspecified atom stereocenters. The normalized spacial score (nSPS) is 10.1. The molecule has 0 aliphatic carbocycles. The predicted octanol–water partition coefficient (Wildman–Crippen LogP) is 3.51. The second kappa shape index (κ2) is 4.45. The number of hydrogen-bond acceptors (Lipinski definition) is 2. The van der Waals surface area contributed by atoms with Gasteiger partial charge in [0.1, 0.15) is 5.82 Å². The zero-order chi connectivity index (χ0) is 11.5. The fourth-order valence-corrected chi connectivity index (χ4v) is 2.31. The lowest BCUT2D eigenvalue weighted by Crippen LogP contribution is -2.03. The number of halogens is 1. The zero-order valence-electron chi connectivity index (χ0n) is 8.66.